The fraction of sp³-hybridized carbons (Fsp3) is 0.750. The Morgan fingerprint density at radius 2 is 2.29 bits per heavy atom. The van der Waals surface area contributed by atoms with Crippen molar-refractivity contribution in [3.8, 4) is 0 Å². The van der Waals surface area contributed by atoms with Crippen molar-refractivity contribution < 1.29 is 4.74 Å². The molecule has 94 valence electrons. The number of rotatable bonds is 1. The van der Waals surface area contributed by atoms with Crippen LogP contribution in [0.4, 0.5) is 5.82 Å². The molecule has 3 atom stereocenters. The van der Waals surface area contributed by atoms with Crippen molar-refractivity contribution in [2.24, 2.45) is 5.73 Å². The minimum absolute atomic E-state index is 0.124. The van der Waals surface area contributed by atoms with Gasteiger partial charge < -0.3 is 15.4 Å². The molecule has 1 fully saturated rings. The van der Waals surface area contributed by atoms with Gasteiger partial charge in [-0.1, -0.05) is 0 Å². The summed E-state index contributed by atoms with van der Waals surface area (Å²) in [4.78, 5) is 2.27. The predicted octanol–water partition coefficient (Wildman–Crippen LogP) is 0.969. The highest BCUT2D eigenvalue weighted by Gasteiger charge is 2.31. The number of aromatic nitrogens is 2. The number of H-pyrrole nitrogens is 1. The monoisotopic (exact) mass is 236 g/mol. The van der Waals surface area contributed by atoms with Gasteiger partial charge in [0.05, 0.1) is 12.2 Å². The van der Waals surface area contributed by atoms with Crippen LogP contribution in [0, 0.1) is 0 Å². The summed E-state index contributed by atoms with van der Waals surface area (Å²) in [6.45, 7) is 6.11. The van der Waals surface area contributed by atoms with E-state index in [1.165, 1.54) is 11.3 Å². The van der Waals surface area contributed by atoms with Gasteiger partial charge in [-0.05, 0) is 20.3 Å². The van der Waals surface area contributed by atoms with Gasteiger partial charge in [-0.15, -0.1) is 0 Å². The summed E-state index contributed by atoms with van der Waals surface area (Å²) in [5.74, 6) is 1.05. The quantitative estimate of drug-likeness (QED) is 0.762. The van der Waals surface area contributed by atoms with Crippen molar-refractivity contribution in [2.75, 3.05) is 18.0 Å². The van der Waals surface area contributed by atoms with E-state index in [0.29, 0.717) is 0 Å². The third-order valence-electron chi connectivity index (χ3n) is 3.72. The molecule has 0 amide bonds. The first-order chi connectivity index (χ1) is 8.15. The van der Waals surface area contributed by atoms with Crippen molar-refractivity contribution in [3.63, 3.8) is 0 Å². The molecule has 0 aliphatic carbocycles. The second-order valence-corrected chi connectivity index (χ2v) is 5.23. The summed E-state index contributed by atoms with van der Waals surface area (Å²) >= 11 is 0. The number of ether oxygens (including phenoxy) is 1. The van der Waals surface area contributed by atoms with Crippen LogP contribution in [0.1, 0.15) is 37.6 Å². The Morgan fingerprint density at radius 3 is 3.00 bits per heavy atom. The van der Waals surface area contributed by atoms with Crippen LogP contribution in [-0.2, 0) is 11.2 Å². The Bertz CT molecular complexity index is 417. The molecule has 0 bridgehead atoms. The van der Waals surface area contributed by atoms with Crippen LogP contribution >= 0.6 is 0 Å². The summed E-state index contributed by atoms with van der Waals surface area (Å²) in [5.41, 5.74) is 8.42. The van der Waals surface area contributed by atoms with E-state index in [-0.39, 0.29) is 18.2 Å². The van der Waals surface area contributed by atoms with Crippen LogP contribution in [0.3, 0.4) is 0 Å². The first-order valence-corrected chi connectivity index (χ1v) is 6.38. The van der Waals surface area contributed by atoms with E-state index < -0.39 is 0 Å². The number of nitrogens with zero attached hydrogens (tertiary/aromatic N) is 2. The Morgan fingerprint density at radius 1 is 1.47 bits per heavy atom. The second kappa shape index (κ2) is 3.99. The predicted molar refractivity (Wildman–Crippen MR) is 66.1 cm³/mol. The van der Waals surface area contributed by atoms with Crippen LogP contribution in [0.2, 0.25) is 0 Å². The molecule has 3 heterocycles. The molecule has 0 radical (unpaired) electrons. The highest BCUT2D eigenvalue weighted by Crippen LogP contribution is 2.36. The molecule has 0 aromatic carbocycles. The number of anilines is 1. The average molecular weight is 236 g/mol. The van der Waals surface area contributed by atoms with Gasteiger partial charge in [0, 0.05) is 36.8 Å². The molecule has 3 rings (SSSR count). The van der Waals surface area contributed by atoms with Crippen molar-refractivity contribution in [1.29, 1.82) is 0 Å². The lowest BCUT2D eigenvalue weighted by atomic mass is 10.0. The molecule has 1 aromatic rings. The summed E-state index contributed by atoms with van der Waals surface area (Å²) in [5, 5.41) is 7.63. The maximum atomic E-state index is 5.95. The number of aromatic amines is 1. The highest BCUT2D eigenvalue weighted by atomic mass is 16.5. The number of nitrogens with one attached hydrogen (secondary N) is 1. The van der Waals surface area contributed by atoms with E-state index in [1.807, 2.05) is 0 Å². The zero-order chi connectivity index (χ0) is 12.0. The molecule has 3 N–H and O–H groups in total. The van der Waals surface area contributed by atoms with Gasteiger partial charge in [-0.25, -0.2) is 0 Å². The topological polar surface area (TPSA) is 67.2 Å². The van der Waals surface area contributed by atoms with E-state index in [1.54, 1.807) is 0 Å². The van der Waals surface area contributed by atoms with Gasteiger partial charge in [0.1, 0.15) is 0 Å². The van der Waals surface area contributed by atoms with Gasteiger partial charge in [-0.3, -0.25) is 5.10 Å². The van der Waals surface area contributed by atoms with Crippen molar-refractivity contribution >= 4 is 5.82 Å². The summed E-state index contributed by atoms with van der Waals surface area (Å²) < 4.78 is 5.88. The number of nitrogens with two attached hydrogens (primary N) is 1. The first-order valence-electron chi connectivity index (χ1n) is 6.38. The summed E-state index contributed by atoms with van der Waals surface area (Å²) in [6, 6.07) is 0.279. The lowest BCUT2D eigenvalue weighted by molar-refractivity contribution is -0.00489. The zero-order valence-electron chi connectivity index (χ0n) is 10.4. The van der Waals surface area contributed by atoms with Crippen LogP contribution in [0.5, 0.6) is 0 Å². The smallest absolute Gasteiger partial charge is 0.156 e. The van der Waals surface area contributed by atoms with E-state index >= 15 is 0 Å². The summed E-state index contributed by atoms with van der Waals surface area (Å²) in [7, 11) is 0. The molecule has 3 unspecified atom stereocenters. The summed E-state index contributed by atoms with van der Waals surface area (Å²) in [6.07, 6.45) is 2.37. The van der Waals surface area contributed by atoms with Gasteiger partial charge >= 0.3 is 0 Å². The molecular weight excluding hydrogens is 216 g/mol. The van der Waals surface area contributed by atoms with Gasteiger partial charge in [0.15, 0.2) is 5.82 Å². The van der Waals surface area contributed by atoms with Crippen molar-refractivity contribution in [2.45, 2.75) is 44.9 Å². The molecule has 1 saturated heterocycles. The molecule has 0 saturated carbocycles. The molecule has 17 heavy (non-hydrogen) atoms. The largest absolute Gasteiger partial charge is 0.370 e. The lowest BCUT2D eigenvalue weighted by Gasteiger charge is -2.27. The zero-order valence-corrected chi connectivity index (χ0v) is 10.4. The van der Waals surface area contributed by atoms with Crippen LogP contribution in [0.15, 0.2) is 0 Å². The van der Waals surface area contributed by atoms with Gasteiger partial charge in [-0.2, -0.15) is 5.10 Å². The Kier molecular flexibility index (Phi) is 2.60. The van der Waals surface area contributed by atoms with Crippen LogP contribution in [-0.4, -0.2) is 35.4 Å². The van der Waals surface area contributed by atoms with Crippen molar-refractivity contribution in [3.05, 3.63) is 11.3 Å². The normalized spacial score (nSPS) is 32.9. The molecule has 0 spiro atoms. The highest BCUT2D eigenvalue weighted by molar-refractivity contribution is 5.52. The Hall–Kier alpha value is -1.07. The number of hydrogen-bond acceptors (Lipinski definition) is 4. The standard InChI is InChI=1S/C12H20N4O/c1-7-5-10-11(8(2)17-7)12(15-14-10)16-4-3-9(13)6-16/h7-9H,3-6,13H2,1-2H3,(H,14,15). The minimum atomic E-state index is 0.124. The number of fused-ring (bicyclic) bond motifs is 1. The molecular formula is C12H20N4O. The average Bonchev–Trinajstić information content (AvgIpc) is 2.83. The molecule has 5 nitrogen and oxygen atoms in total. The fourth-order valence-electron chi connectivity index (χ4n) is 2.93. The maximum Gasteiger partial charge on any atom is 0.156 e. The Labute approximate surface area is 101 Å². The SMILES string of the molecule is CC1Cc2[nH]nc(N3CCC(N)C3)c2C(C)O1. The number of hydrogen-bond donors (Lipinski definition) is 2. The van der Waals surface area contributed by atoms with E-state index in [2.05, 4.69) is 28.9 Å². The minimum Gasteiger partial charge on any atom is -0.370 e. The third kappa shape index (κ3) is 1.83. The molecule has 2 aliphatic heterocycles. The molecule has 5 heteroatoms. The Balaban J connectivity index is 1.92. The first kappa shape index (κ1) is 11.0. The van der Waals surface area contributed by atoms with Crippen LogP contribution < -0.4 is 10.6 Å². The third-order valence-corrected chi connectivity index (χ3v) is 3.72. The van der Waals surface area contributed by atoms with Crippen molar-refractivity contribution in [1.82, 2.24) is 10.2 Å². The second-order valence-electron chi connectivity index (χ2n) is 5.23. The molecule has 1 aromatic heterocycles. The maximum absolute atomic E-state index is 5.95. The van der Waals surface area contributed by atoms with Gasteiger partial charge in [0.25, 0.3) is 0 Å². The van der Waals surface area contributed by atoms with E-state index in [4.69, 9.17) is 10.5 Å². The van der Waals surface area contributed by atoms with E-state index in [9.17, 15) is 0 Å². The van der Waals surface area contributed by atoms with Gasteiger partial charge in [0.2, 0.25) is 0 Å². The fourth-order valence-corrected chi connectivity index (χ4v) is 2.93. The van der Waals surface area contributed by atoms with E-state index in [0.717, 1.165) is 31.7 Å². The van der Waals surface area contributed by atoms with Crippen LogP contribution in [0.25, 0.3) is 0 Å². The molecule has 2 aliphatic rings. The lowest BCUT2D eigenvalue weighted by Crippen LogP contribution is -2.28.